The van der Waals surface area contributed by atoms with Gasteiger partial charge in [-0.15, -0.1) is 0 Å². The third-order valence-corrected chi connectivity index (χ3v) is 4.61. The van der Waals surface area contributed by atoms with Crippen molar-refractivity contribution >= 4 is 17.5 Å². The minimum atomic E-state index is -0.222. The Labute approximate surface area is 170 Å². The maximum absolute atomic E-state index is 12.3. The number of nitrogens with one attached hydrogen (secondary N) is 2. The lowest BCUT2D eigenvalue weighted by molar-refractivity contribution is -0.137. The molecule has 29 heavy (non-hydrogen) atoms. The summed E-state index contributed by atoms with van der Waals surface area (Å²) in [5.74, 6) is 0.956. The average molecular weight is 395 g/mol. The highest BCUT2D eigenvalue weighted by Crippen LogP contribution is 2.27. The molecule has 1 heterocycles. The van der Waals surface area contributed by atoms with Gasteiger partial charge in [0.2, 0.25) is 11.8 Å². The number of amides is 2. The van der Waals surface area contributed by atoms with Gasteiger partial charge in [-0.05, 0) is 35.8 Å². The third kappa shape index (κ3) is 5.28. The van der Waals surface area contributed by atoms with Crippen molar-refractivity contribution in [3.05, 3.63) is 65.7 Å². The lowest BCUT2D eigenvalue weighted by Crippen LogP contribution is -2.49. The van der Waals surface area contributed by atoms with Crippen LogP contribution in [-0.4, -0.2) is 44.1 Å². The monoisotopic (exact) mass is 395 g/mol. The summed E-state index contributed by atoms with van der Waals surface area (Å²) in [5.41, 5.74) is 5.85. The number of ether oxygens (including phenoxy) is 2. The Morgan fingerprint density at radius 3 is 2.59 bits per heavy atom. The van der Waals surface area contributed by atoms with Crippen molar-refractivity contribution in [2.45, 2.75) is 12.8 Å². The molecule has 2 aromatic rings. The van der Waals surface area contributed by atoms with Gasteiger partial charge in [0.1, 0.15) is 6.54 Å². The van der Waals surface area contributed by atoms with Crippen molar-refractivity contribution < 1.29 is 19.1 Å². The summed E-state index contributed by atoms with van der Waals surface area (Å²) >= 11 is 0. The zero-order valence-electron chi connectivity index (χ0n) is 16.6. The Balaban J connectivity index is 1.50. The summed E-state index contributed by atoms with van der Waals surface area (Å²) in [6, 6.07) is 15.4. The highest BCUT2D eigenvalue weighted by molar-refractivity contribution is 5.88. The van der Waals surface area contributed by atoms with Crippen molar-refractivity contribution in [3.8, 4) is 11.5 Å². The van der Waals surface area contributed by atoms with Gasteiger partial charge >= 0.3 is 0 Å². The van der Waals surface area contributed by atoms with Crippen LogP contribution in [0.25, 0.3) is 5.70 Å². The number of hydrogen-bond acceptors (Lipinski definition) is 5. The lowest BCUT2D eigenvalue weighted by Gasteiger charge is -2.28. The molecule has 0 saturated heterocycles. The van der Waals surface area contributed by atoms with Gasteiger partial charge in [-0.1, -0.05) is 36.4 Å². The number of rotatable bonds is 8. The predicted octanol–water partition coefficient (Wildman–Crippen LogP) is 2.14. The maximum Gasteiger partial charge on any atom is 0.245 e. The van der Waals surface area contributed by atoms with Gasteiger partial charge in [-0.25, -0.2) is 5.01 Å². The molecule has 2 aromatic carbocycles. The minimum absolute atomic E-state index is 0.0467. The summed E-state index contributed by atoms with van der Waals surface area (Å²) in [5, 5.41) is 4.21. The molecule has 2 N–H and O–H groups in total. The number of benzene rings is 2. The molecule has 0 saturated carbocycles. The smallest absolute Gasteiger partial charge is 0.245 e. The third-order valence-electron chi connectivity index (χ3n) is 4.61. The van der Waals surface area contributed by atoms with Gasteiger partial charge in [-0.3, -0.25) is 15.0 Å². The maximum atomic E-state index is 12.3. The number of hydrazine groups is 1. The molecule has 0 bridgehead atoms. The first-order valence-corrected chi connectivity index (χ1v) is 9.41. The second kappa shape index (κ2) is 9.64. The van der Waals surface area contributed by atoms with Crippen LogP contribution in [-0.2, 0) is 16.0 Å². The minimum Gasteiger partial charge on any atom is -0.493 e. The summed E-state index contributed by atoms with van der Waals surface area (Å²) in [6.45, 7) is 0.409. The van der Waals surface area contributed by atoms with Gasteiger partial charge in [0.15, 0.2) is 11.5 Å². The summed E-state index contributed by atoms with van der Waals surface area (Å²) < 4.78 is 10.5. The van der Waals surface area contributed by atoms with Gasteiger partial charge in [0.25, 0.3) is 0 Å². The predicted molar refractivity (Wildman–Crippen MR) is 110 cm³/mol. The summed E-state index contributed by atoms with van der Waals surface area (Å²) in [7, 11) is 3.18. The van der Waals surface area contributed by atoms with Gasteiger partial charge in [-0.2, -0.15) is 0 Å². The Morgan fingerprint density at radius 2 is 1.86 bits per heavy atom. The van der Waals surface area contributed by atoms with E-state index in [0.29, 0.717) is 24.5 Å². The van der Waals surface area contributed by atoms with Crippen molar-refractivity contribution in [1.29, 1.82) is 0 Å². The molecule has 3 rings (SSSR count). The van der Waals surface area contributed by atoms with E-state index in [0.717, 1.165) is 16.8 Å². The molecular weight excluding hydrogens is 370 g/mol. The van der Waals surface area contributed by atoms with Crippen LogP contribution in [0.5, 0.6) is 11.5 Å². The van der Waals surface area contributed by atoms with Crippen molar-refractivity contribution in [3.63, 3.8) is 0 Å². The van der Waals surface area contributed by atoms with Crippen LogP contribution in [0.3, 0.4) is 0 Å². The molecule has 7 nitrogen and oxygen atoms in total. The van der Waals surface area contributed by atoms with Crippen LogP contribution in [0.1, 0.15) is 17.5 Å². The fourth-order valence-corrected chi connectivity index (χ4v) is 3.06. The molecule has 0 unspecified atom stereocenters. The zero-order chi connectivity index (χ0) is 20.6. The van der Waals surface area contributed by atoms with E-state index in [-0.39, 0.29) is 24.8 Å². The first-order valence-electron chi connectivity index (χ1n) is 9.41. The molecule has 0 spiro atoms. The van der Waals surface area contributed by atoms with Gasteiger partial charge in [0, 0.05) is 13.0 Å². The molecule has 0 atom stereocenters. The van der Waals surface area contributed by atoms with E-state index in [1.165, 1.54) is 5.01 Å². The van der Waals surface area contributed by atoms with Crippen molar-refractivity contribution in [2.75, 3.05) is 27.3 Å². The first-order chi connectivity index (χ1) is 14.1. The normalized spacial score (nSPS) is 13.4. The fourth-order valence-electron chi connectivity index (χ4n) is 3.06. The molecule has 0 radical (unpaired) electrons. The second-order valence-electron chi connectivity index (χ2n) is 6.57. The van der Waals surface area contributed by atoms with Gasteiger partial charge < -0.3 is 14.8 Å². The molecule has 0 fully saturated rings. The number of nitrogens with zero attached hydrogens (tertiary/aromatic N) is 1. The fraction of sp³-hybridized carbons (Fsp3) is 0.273. The van der Waals surface area contributed by atoms with Crippen LogP contribution in [0, 0.1) is 0 Å². The highest BCUT2D eigenvalue weighted by Gasteiger charge is 2.21. The number of carbonyl (C=O) groups is 2. The van der Waals surface area contributed by atoms with E-state index in [9.17, 15) is 9.59 Å². The molecule has 1 aliphatic heterocycles. The Bertz CT molecular complexity index is 896. The van der Waals surface area contributed by atoms with Crippen LogP contribution in [0.4, 0.5) is 0 Å². The summed E-state index contributed by atoms with van der Waals surface area (Å²) in [6.07, 6.45) is 2.74. The molecule has 1 aliphatic rings. The average Bonchev–Trinajstić information content (AvgIpc) is 2.75. The van der Waals surface area contributed by atoms with Crippen molar-refractivity contribution in [1.82, 2.24) is 15.8 Å². The van der Waals surface area contributed by atoms with E-state index in [2.05, 4.69) is 10.7 Å². The zero-order valence-corrected chi connectivity index (χ0v) is 16.6. The number of carbonyl (C=O) groups excluding carboxylic acids is 2. The lowest BCUT2D eigenvalue weighted by atomic mass is 10.1. The van der Waals surface area contributed by atoms with Crippen molar-refractivity contribution in [2.24, 2.45) is 0 Å². The SMILES string of the molecule is COc1ccc(CCNC(=O)CN2NC(c3ccccc3)=CCC2=O)cc1OC. The Morgan fingerprint density at radius 1 is 1.10 bits per heavy atom. The van der Waals surface area contributed by atoms with E-state index < -0.39 is 0 Å². The van der Waals surface area contributed by atoms with E-state index in [1.54, 1.807) is 14.2 Å². The Hall–Kier alpha value is -3.48. The van der Waals surface area contributed by atoms with E-state index >= 15 is 0 Å². The molecule has 7 heteroatoms. The Kier molecular flexibility index (Phi) is 6.73. The summed E-state index contributed by atoms with van der Waals surface area (Å²) in [4.78, 5) is 24.5. The van der Waals surface area contributed by atoms with E-state index in [4.69, 9.17) is 9.47 Å². The highest BCUT2D eigenvalue weighted by atomic mass is 16.5. The number of hydrogen-bond donors (Lipinski definition) is 2. The van der Waals surface area contributed by atoms with E-state index in [1.807, 2.05) is 54.6 Å². The molecule has 0 aromatic heterocycles. The molecule has 152 valence electrons. The van der Waals surface area contributed by atoms with Crippen LogP contribution in [0.2, 0.25) is 0 Å². The van der Waals surface area contributed by atoms with Crippen LogP contribution >= 0.6 is 0 Å². The largest absolute Gasteiger partial charge is 0.493 e. The standard InChI is InChI=1S/C22H25N3O4/c1-28-19-10-8-16(14-20(19)29-2)12-13-23-21(26)15-25-22(27)11-9-18(24-25)17-6-4-3-5-7-17/h3-10,14,24H,11-13,15H2,1-2H3,(H,23,26). The quantitative estimate of drug-likeness (QED) is 0.716. The molecular formula is C22H25N3O4. The topological polar surface area (TPSA) is 79.9 Å². The first kappa shape index (κ1) is 20.3. The second-order valence-corrected chi connectivity index (χ2v) is 6.57. The number of methoxy groups -OCH3 is 2. The van der Waals surface area contributed by atoms with Crippen LogP contribution in [0.15, 0.2) is 54.6 Å². The van der Waals surface area contributed by atoms with Crippen LogP contribution < -0.4 is 20.2 Å². The van der Waals surface area contributed by atoms with Gasteiger partial charge in [0.05, 0.1) is 19.9 Å². The molecule has 2 amide bonds. The molecule has 0 aliphatic carbocycles.